The summed E-state index contributed by atoms with van der Waals surface area (Å²) in [5.74, 6) is 2.99. The van der Waals surface area contributed by atoms with Crippen molar-refractivity contribution in [3.63, 3.8) is 0 Å². The number of likely N-dealkylation sites (tertiary alicyclic amines) is 2. The fourth-order valence-corrected chi connectivity index (χ4v) is 8.36. The van der Waals surface area contributed by atoms with Crippen molar-refractivity contribution >= 4 is 21.6 Å². The lowest BCUT2D eigenvalue weighted by Crippen LogP contribution is -2.44. The average molecular weight is 759 g/mol. The molecule has 2 heterocycles. The smallest absolute Gasteiger partial charge is 0.241 e. The third kappa shape index (κ3) is 11.7. The Balaban J connectivity index is 0.000000203. The molecule has 7 rings (SSSR count). The van der Waals surface area contributed by atoms with Crippen molar-refractivity contribution < 1.29 is 27.5 Å². The highest BCUT2D eigenvalue weighted by atomic mass is 32.2. The first-order valence-electron chi connectivity index (χ1n) is 19.9. The molecule has 0 amide bonds. The molecule has 0 aromatic heterocycles. The number of carbonyl (C=O) groups excluding carboxylic acids is 2. The Kier molecular flexibility index (Phi) is 14.0. The minimum absolute atomic E-state index is 0.188. The molecule has 3 N–H and O–H groups in total. The number of nitrogens with zero attached hydrogens (tertiary/aromatic N) is 2. The normalized spacial score (nSPS) is 20.4. The number of sulfonamides is 1. The van der Waals surface area contributed by atoms with Crippen molar-refractivity contribution in [3.8, 4) is 11.5 Å². The highest BCUT2D eigenvalue weighted by molar-refractivity contribution is 7.89. The number of hydrogen-bond acceptors (Lipinski definition) is 9. The van der Waals surface area contributed by atoms with Crippen LogP contribution in [-0.4, -0.2) is 87.9 Å². The predicted octanol–water partition coefficient (Wildman–Crippen LogP) is 6.65. The lowest BCUT2D eigenvalue weighted by molar-refractivity contribution is 0.0960. The molecule has 2 aliphatic heterocycles. The van der Waals surface area contributed by atoms with Crippen molar-refractivity contribution in [2.45, 2.75) is 94.7 Å². The van der Waals surface area contributed by atoms with E-state index in [0.717, 1.165) is 119 Å². The van der Waals surface area contributed by atoms with Crippen LogP contribution in [0.1, 0.15) is 104 Å². The van der Waals surface area contributed by atoms with Crippen molar-refractivity contribution in [2.75, 3.05) is 45.9 Å². The summed E-state index contributed by atoms with van der Waals surface area (Å²) in [5.41, 5.74) is 8.59. The van der Waals surface area contributed by atoms with Gasteiger partial charge in [0.15, 0.2) is 11.6 Å². The molecule has 292 valence electrons. The van der Waals surface area contributed by atoms with Gasteiger partial charge in [-0.15, -0.1) is 0 Å². The molecule has 0 spiro atoms. The summed E-state index contributed by atoms with van der Waals surface area (Å²) < 4.78 is 40.2. The number of ether oxygens (including phenoxy) is 2. The SMILES string of the molecule is CC(C)c1ccc(S(=O)(=O)NC2CCCN2CCCOc2ccc(C(=O)C3CC3)cc2)cc1.N[C@@H]1CCN(CCCOc2ccc(C(=O)C3CC3)cc2)C1. The van der Waals surface area contributed by atoms with Crippen LogP contribution in [0.3, 0.4) is 0 Å². The molecule has 10 nitrogen and oxygen atoms in total. The van der Waals surface area contributed by atoms with E-state index in [1.54, 1.807) is 12.1 Å². The van der Waals surface area contributed by atoms with E-state index in [1.807, 2.05) is 60.7 Å². The zero-order valence-electron chi connectivity index (χ0n) is 32.0. The first kappa shape index (κ1) is 40.1. The molecule has 4 aliphatic rings. The second-order valence-electron chi connectivity index (χ2n) is 15.6. The molecule has 2 saturated carbocycles. The summed E-state index contributed by atoms with van der Waals surface area (Å²) in [6.45, 7) is 10.2. The summed E-state index contributed by atoms with van der Waals surface area (Å²) in [6, 6.07) is 22.5. The summed E-state index contributed by atoms with van der Waals surface area (Å²) in [7, 11) is -3.56. The lowest BCUT2D eigenvalue weighted by Gasteiger charge is -2.25. The molecule has 2 saturated heterocycles. The highest BCUT2D eigenvalue weighted by Crippen LogP contribution is 2.34. The molecule has 54 heavy (non-hydrogen) atoms. The van der Waals surface area contributed by atoms with Gasteiger partial charge in [-0.05, 0) is 143 Å². The van der Waals surface area contributed by atoms with E-state index in [2.05, 4.69) is 28.4 Å². The molecule has 4 fully saturated rings. The van der Waals surface area contributed by atoms with Gasteiger partial charge in [0, 0.05) is 48.6 Å². The zero-order chi connectivity index (χ0) is 38.1. The Morgan fingerprint density at radius 1 is 0.741 bits per heavy atom. The third-order valence-electron chi connectivity index (χ3n) is 10.7. The van der Waals surface area contributed by atoms with Crippen molar-refractivity contribution in [1.82, 2.24) is 14.5 Å². The van der Waals surface area contributed by atoms with Gasteiger partial charge in [-0.3, -0.25) is 14.5 Å². The van der Waals surface area contributed by atoms with Crippen LogP contribution < -0.4 is 19.9 Å². The van der Waals surface area contributed by atoms with Gasteiger partial charge < -0.3 is 20.1 Å². The van der Waals surface area contributed by atoms with E-state index in [4.69, 9.17) is 15.2 Å². The van der Waals surface area contributed by atoms with Gasteiger partial charge in [0.25, 0.3) is 0 Å². The Hall–Kier alpha value is -3.61. The van der Waals surface area contributed by atoms with Crippen LogP contribution in [0, 0.1) is 11.8 Å². The molecule has 0 bridgehead atoms. The summed E-state index contributed by atoms with van der Waals surface area (Å²) >= 11 is 0. The van der Waals surface area contributed by atoms with Gasteiger partial charge in [0.05, 0.1) is 24.3 Å². The van der Waals surface area contributed by atoms with E-state index in [-0.39, 0.29) is 29.6 Å². The van der Waals surface area contributed by atoms with Crippen LogP contribution in [-0.2, 0) is 10.0 Å². The maximum atomic E-state index is 12.9. The maximum Gasteiger partial charge on any atom is 0.241 e. The largest absolute Gasteiger partial charge is 0.494 e. The highest BCUT2D eigenvalue weighted by Gasteiger charge is 2.31. The molecule has 1 unspecified atom stereocenters. The molecule has 0 radical (unpaired) electrons. The number of benzene rings is 3. The number of nitrogens with one attached hydrogen (secondary N) is 1. The number of hydrogen-bond donors (Lipinski definition) is 2. The minimum Gasteiger partial charge on any atom is -0.494 e. The van der Waals surface area contributed by atoms with Gasteiger partial charge in [0.1, 0.15) is 11.5 Å². The van der Waals surface area contributed by atoms with Gasteiger partial charge in [0.2, 0.25) is 10.0 Å². The fraction of sp³-hybridized carbons (Fsp3) is 0.535. The van der Waals surface area contributed by atoms with E-state index < -0.39 is 10.0 Å². The molecule has 3 aromatic rings. The van der Waals surface area contributed by atoms with Crippen molar-refractivity contribution in [2.24, 2.45) is 17.6 Å². The van der Waals surface area contributed by atoms with E-state index in [0.29, 0.717) is 30.1 Å². The lowest BCUT2D eigenvalue weighted by atomic mass is 10.0. The molecule has 3 aromatic carbocycles. The first-order valence-corrected chi connectivity index (χ1v) is 21.4. The minimum atomic E-state index is -3.56. The monoisotopic (exact) mass is 758 g/mol. The zero-order valence-corrected chi connectivity index (χ0v) is 32.8. The van der Waals surface area contributed by atoms with Crippen LogP contribution in [0.2, 0.25) is 0 Å². The summed E-state index contributed by atoms with van der Waals surface area (Å²) in [6.07, 6.45) is 8.63. The van der Waals surface area contributed by atoms with Crippen molar-refractivity contribution in [3.05, 3.63) is 89.5 Å². The Morgan fingerprint density at radius 2 is 1.28 bits per heavy atom. The standard InChI is InChI=1S/C26H34N2O4S.C17H24N2O2/c1-19(2)20-10-14-24(15-11-20)33(30,31)27-25-5-3-16-28(25)17-4-18-32-23-12-8-22(9-13-23)26(29)21-6-7-21;18-15-8-10-19(12-15)9-1-11-21-16-6-4-14(5-7-16)17(20)13-2-3-13/h8-15,19,21,25,27H,3-7,16-18H2,1-2H3;4-7,13,15H,1-3,8-12,18H2/t;15-/m.1/s1. The first-order chi connectivity index (χ1) is 26.1. The van der Waals surface area contributed by atoms with Gasteiger partial charge in [-0.25, -0.2) is 8.42 Å². The number of nitrogens with two attached hydrogens (primary N) is 1. The number of Topliss-reactive ketones (excluding diaryl/α,β-unsaturated/α-hetero) is 2. The summed E-state index contributed by atoms with van der Waals surface area (Å²) in [4.78, 5) is 28.9. The quantitative estimate of drug-likeness (QED) is 0.108. The second-order valence-corrected chi connectivity index (χ2v) is 17.3. The van der Waals surface area contributed by atoms with Crippen molar-refractivity contribution in [1.29, 1.82) is 0 Å². The van der Waals surface area contributed by atoms with Crippen LogP contribution >= 0.6 is 0 Å². The molecule has 2 aliphatic carbocycles. The van der Waals surface area contributed by atoms with E-state index in [1.165, 1.54) is 0 Å². The molecular weight excluding hydrogens is 701 g/mol. The van der Waals surface area contributed by atoms with Crippen LogP contribution in [0.5, 0.6) is 11.5 Å². The van der Waals surface area contributed by atoms with Crippen LogP contribution in [0.4, 0.5) is 0 Å². The Bertz CT molecular complexity index is 1770. The third-order valence-corrected chi connectivity index (χ3v) is 12.2. The van der Waals surface area contributed by atoms with E-state index >= 15 is 0 Å². The van der Waals surface area contributed by atoms with Gasteiger partial charge in [-0.2, -0.15) is 4.72 Å². The van der Waals surface area contributed by atoms with E-state index in [9.17, 15) is 18.0 Å². The molecule has 2 atom stereocenters. The average Bonchev–Trinajstić information content (AvgIpc) is 4.12. The number of rotatable bonds is 18. The molecule has 11 heteroatoms. The fourth-order valence-electron chi connectivity index (χ4n) is 7.10. The number of carbonyl (C=O) groups is 2. The van der Waals surface area contributed by atoms with Gasteiger partial charge >= 0.3 is 0 Å². The topological polar surface area (TPSA) is 131 Å². The summed E-state index contributed by atoms with van der Waals surface area (Å²) in [5, 5.41) is 0. The second kappa shape index (κ2) is 18.8. The van der Waals surface area contributed by atoms with Crippen LogP contribution in [0.25, 0.3) is 0 Å². The van der Waals surface area contributed by atoms with Crippen LogP contribution in [0.15, 0.2) is 77.7 Å². The molecular formula is C43H58N4O6S. The number of ketones is 2. The Morgan fingerprint density at radius 3 is 1.76 bits per heavy atom. The predicted molar refractivity (Wildman–Crippen MR) is 212 cm³/mol. The maximum absolute atomic E-state index is 12.9. The Labute approximate surface area is 321 Å². The van der Waals surface area contributed by atoms with Gasteiger partial charge in [-0.1, -0.05) is 26.0 Å².